The van der Waals surface area contributed by atoms with Gasteiger partial charge in [-0.05, 0) is 48.5 Å². The highest BCUT2D eigenvalue weighted by Gasteiger charge is 2.10. The van der Waals surface area contributed by atoms with Crippen LogP contribution in [0.5, 0.6) is 0 Å². The summed E-state index contributed by atoms with van der Waals surface area (Å²) < 4.78 is 5.71. The van der Waals surface area contributed by atoms with E-state index < -0.39 is 0 Å². The van der Waals surface area contributed by atoms with E-state index in [0.717, 1.165) is 11.3 Å². The fraction of sp³-hybridized carbons (Fsp3) is 0. The Hall–Kier alpha value is -3.45. The predicted octanol–water partition coefficient (Wildman–Crippen LogP) is 4.40. The maximum atomic E-state index is 8.04. The van der Waals surface area contributed by atoms with Crippen LogP contribution in [0.1, 0.15) is 0 Å². The summed E-state index contributed by atoms with van der Waals surface area (Å²) in [6.07, 6.45) is 3.29. The molecule has 3 aromatic heterocycles. The summed E-state index contributed by atoms with van der Waals surface area (Å²) in [6, 6.07) is 14.2. The van der Waals surface area contributed by atoms with Gasteiger partial charge in [0, 0.05) is 28.7 Å². The molecule has 0 amide bonds. The lowest BCUT2D eigenvalue weighted by Crippen LogP contribution is -2.21. The van der Waals surface area contributed by atoms with Crippen molar-refractivity contribution in [1.82, 2.24) is 15.0 Å². The number of hydrogen-bond acceptors (Lipinski definition) is 5. The van der Waals surface area contributed by atoms with Crippen LogP contribution in [0.3, 0.4) is 0 Å². The number of halogens is 1. The van der Waals surface area contributed by atoms with Crippen LogP contribution in [0.4, 0.5) is 11.5 Å². The van der Waals surface area contributed by atoms with Gasteiger partial charge >= 0.3 is 0 Å². The summed E-state index contributed by atoms with van der Waals surface area (Å²) in [5, 5.41) is 14.5. The van der Waals surface area contributed by atoms with Crippen molar-refractivity contribution < 1.29 is 4.42 Å². The summed E-state index contributed by atoms with van der Waals surface area (Å²) in [6.45, 7) is 0. The van der Waals surface area contributed by atoms with E-state index in [1.165, 1.54) is 0 Å². The number of nitrogens with one attached hydrogen (secondary N) is 3. The van der Waals surface area contributed by atoms with Crippen molar-refractivity contribution in [3.63, 3.8) is 0 Å². The molecule has 8 heteroatoms. The second-order valence-electron chi connectivity index (χ2n) is 5.41. The third kappa shape index (κ3) is 3.47. The number of anilines is 2. The van der Waals surface area contributed by atoms with Crippen LogP contribution in [0.2, 0.25) is 5.02 Å². The molecule has 0 spiro atoms. The zero-order valence-electron chi connectivity index (χ0n) is 13.4. The summed E-state index contributed by atoms with van der Waals surface area (Å²) in [7, 11) is 0. The van der Waals surface area contributed by atoms with Crippen molar-refractivity contribution >= 4 is 40.3 Å². The lowest BCUT2D eigenvalue weighted by Gasteiger charge is -2.10. The Morgan fingerprint density at radius 2 is 1.85 bits per heavy atom. The Labute approximate surface area is 153 Å². The Balaban J connectivity index is 1.51. The summed E-state index contributed by atoms with van der Waals surface area (Å²) in [4.78, 5) is 12.7. The highest BCUT2D eigenvalue weighted by atomic mass is 35.5. The Kier molecular flexibility index (Phi) is 4.20. The van der Waals surface area contributed by atoms with Gasteiger partial charge in [-0.25, -0.2) is 9.97 Å². The Morgan fingerprint density at radius 1 is 1.00 bits per heavy atom. The van der Waals surface area contributed by atoms with E-state index in [9.17, 15) is 0 Å². The molecule has 3 N–H and O–H groups in total. The first kappa shape index (κ1) is 16.0. The Morgan fingerprint density at radius 3 is 2.65 bits per heavy atom. The second kappa shape index (κ2) is 6.81. The highest BCUT2D eigenvalue weighted by Crippen LogP contribution is 2.24. The van der Waals surface area contributed by atoms with Gasteiger partial charge in [0.05, 0.1) is 0 Å². The van der Waals surface area contributed by atoms with Crippen molar-refractivity contribution in [3.05, 3.63) is 65.9 Å². The molecule has 0 aliphatic heterocycles. The number of pyridine rings is 2. The van der Waals surface area contributed by atoms with Crippen LogP contribution in [0, 0.1) is 5.41 Å². The van der Waals surface area contributed by atoms with Crippen LogP contribution in [0.25, 0.3) is 22.7 Å². The number of guanidine groups is 1. The summed E-state index contributed by atoms with van der Waals surface area (Å²) in [5.74, 6) is 1.02. The number of benzene rings is 1. The van der Waals surface area contributed by atoms with Crippen molar-refractivity contribution in [1.29, 1.82) is 5.41 Å². The smallest absolute Gasteiger partial charge is 0.229 e. The molecular formula is C18H13ClN6O. The first-order valence-electron chi connectivity index (χ1n) is 7.73. The molecule has 4 rings (SSSR count). The molecule has 0 bridgehead atoms. The first-order valence-corrected chi connectivity index (χ1v) is 8.11. The normalized spacial score (nSPS) is 10.7. The number of aromatic nitrogens is 3. The Bertz CT molecular complexity index is 1040. The molecule has 0 aliphatic carbocycles. The maximum absolute atomic E-state index is 8.04. The van der Waals surface area contributed by atoms with Gasteiger partial charge < -0.3 is 15.1 Å². The number of rotatable bonds is 3. The molecule has 0 atom stereocenters. The van der Waals surface area contributed by atoms with Gasteiger partial charge in [-0.3, -0.25) is 5.41 Å². The van der Waals surface area contributed by atoms with E-state index >= 15 is 0 Å². The largest absolute Gasteiger partial charge is 0.434 e. The molecule has 0 fully saturated rings. The molecule has 0 radical (unpaired) electrons. The zero-order valence-corrected chi connectivity index (χ0v) is 14.2. The molecule has 0 saturated heterocycles. The minimum Gasteiger partial charge on any atom is -0.434 e. The van der Waals surface area contributed by atoms with Gasteiger partial charge in [-0.2, -0.15) is 4.98 Å². The van der Waals surface area contributed by atoms with Crippen LogP contribution in [0.15, 0.2) is 65.3 Å². The van der Waals surface area contributed by atoms with Crippen LogP contribution < -0.4 is 10.6 Å². The first-order chi connectivity index (χ1) is 12.7. The standard InChI is InChI=1S/C18H13ClN6O/c19-12-3-5-13(6-4-12)23-18(20)24-15-10-11(7-9-21-15)17-25-16-14(26-17)2-1-8-22-16/h1-10H,(H3,20,21,23,24). The minimum absolute atomic E-state index is 0.0798. The SMILES string of the molecule is N=C(Nc1ccc(Cl)cc1)Nc1cc(-c2nc3ncccc3o2)ccn1. The van der Waals surface area contributed by atoms with Crippen LogP contribution >= 0.6 is 11.6 Å². The molecule has 7 nitrogen and oxygen atoms in total. The molecule has 26 heavy (non-hydrogen) atoms. The summed E-state index contributed by atoms with van der Waals surface area (Å²) in [5.41, 5.74) is 2.64. The van der Waals surface area contributed by atoms with Crippen molar-refractivity contribution in [2.45, 2.75) is 0 Å². The average Bonchev–Trinajstić information content (AvgIpc) is 3.08. The van der Waals surface area contributed by atoms with Crippen LogP contribution in [-0.2, 0) is 0 Å². The van der Waals surface area contributed by atoms with Gasteiger partial charge in [0.2, 0.25) is 5.89 Å². The molecule has 0 unspecified atom stereocenters. The van der Waals surface area contributed by atoms with Gasteiger partial charge in [0.1, 0.15) is 5.82 Å². The topological polar surface area (TPSA) is 99.7 Å². The fourth-order valence-corrected chi connectivity index (χ4v) is 2.49. The molecule has 3 heterocycles. The highest BCUT2D eigenvalue weighted by molar-refractivity contribution is 6.30. The predicted molar refractivity (Wildman–Crippen MR) is 101 cm³/mol. The van der Waals surface area contributed by atoms with E-state index in [1.807, 2.05) is 6.07 Å². The van der Waals surface area contributed by atoms with Gasteiger partial charge in [-0.1, -0.05) is 11.6 Å². The molecule has 0 saturated carbocycles. The van der Waals surface area contributed by atoms with Gasteiger partial charge in [0.15, 0.2) is 17.2 Å². The third-order valence-electron chi connectivity index (χ3n) is 3.54. The molecule has 1 aromatic carbocycles. The molecule has 128 valence electrons. The minimum atomic E-state index is 0.0798. The van der Waals surface area contributed by atoms with Gasteiger partial charge in [-0.15, -0.1) is 0 Å². The lowest BCUT2D eigenvalue weighted by molar-refractivity contribution is 0.619. The molecule has 4 aromatic rings. The second-order valence-corrected chi connectivity index (χ2v) is 5.84. The zero-order chi connectivity index (χ0) is 17.9. The van der Waals surface area contributed by atoms with E-state index in [4.69, 9.17) is 21.4 Å². The summed E-state index contributed by atoms with van der Waals surface area (Å²) >= 11 is 5.86. The average molecular weight is 365 g/mol. The number of fused-ring (bicyclic) bond motifs is 1. The van der Waals surface area contributed by atoms with E-state index in [1.54, 1.807) is 54.9 Å². The van der Waals surface area contributed by atoms with Crippen molar-refractivity contribution in [2.75, 3.05) is 10.6 Å². The van der Waals surface area contributed by atoms with Gasteiger partial charge in [0.25, 0.3) is 0 Å². The van der Waals surface area contributed by atoms with Crippen molar-refractivity contribution in [3.8, 4) is 11.5 Å². The maximum Gasteiger partial charge on any atom is 0.229 e. The van der Waals surface area contributed by atoms with Crippen LogP contribution in [-0.4, -0.2) is 20.9 Å². The number of oxazole rings is 1. The number of nitrogens with zero attached hydrogens (tertiary/aromatic N) is 3. The monoisotopic (exact) mass is 364 g/mol. The molecule has 0 aliphatic rings. The van der Waals surface area contributed by atoms with E-state index in [2.05, 4.69) is 25.6 Å². The lowest BCUT2D eigenvalue weighted by atomic mass is 10.2. The van der Waals surface area contributed by atoms with Crippen molar-refractivity contribution in [2.24, 2.45) is 0 Å². The number of hydrogen-bond donors (Lipinski definition) is 3. The molecular weight excluding hydrogens is 352 g/mol. The quantitative estimate of drug-likeness (QED) is 0.368. The third-order valence-corrected chi connectivity index (χ3v) is 3.79. The fourth-order valence-electron chi connectivity index (χ4n) is 2.36. The van der Waals surface area contributed by atoms with E-state index in [-0.39, 0.29) is 5.96 Å². The van der Waals surface area contributed by atoms with E-state index in [0.29, 0.717) is 28.0 Å².